The van der Waals surface area contributed by atoms with E-state index in [1.165, 1.54) is 0 Å². The minimum absolute atomic E-state index is 0.0592. The molecule has 0 saturated heterocycles. The van der Waals surface area contributed by atoms with Gasteiger partial charge in [0.15, 0.2) is 0 Å². The van der Waals surface area contributed by atoms with Gasteiger partial charge in [-0.1, -0.05) is 34.6 Å². The van der Waals surface area contributed by atoms with Crippen LogP contribution in [0.5, 0.6) is 0 Å². The molecule has 0 bridgehead atoms. The van der Waals surface area contributed by atoms with Gasteiger partial charge in [-0.2, -0.15) is 0 Å². The fraction of sp³-hybridized carbons (Fsp3) is 0.714. The molecule has 1 aromatic rings. The van der Waals surface area contributed by atoms with E-state index in [9.17, 15) is 4.79 Å². The highest BCUT2D eigenvalue weighted by Crippen LogP contribution is 2.30. The molecule has 3 heteroatoms. The molecular formula is C14H22N2O. The van der Waals surface area contributed by atoms with Crippen molar-refractivity contribution >= 4 is 0 Å². The molecule has 0 aromatic carbocycles. The lowest BCUT2D eigenvalue weighted by atomic mass is 9.82. The number of aromatic nitrogens is 2. The summed E-state index contributed by atoms with van der Waals surface area (Å²) in [5.41, 5.74) is 1.22. The Bertz CT molecular complexity index is 492. The van der Waals surface area contributed by atoms with Gasteiger partial charge in [0.05, 0.1) is 5.69 Å². The van der Waals surface area contributed by atoms with Crippen LogP contribution in [0, 0.1) is 5.41 Å². The summed E-state index contributed by atoms with van der Waals surface area (Å²) in [5.74, 6) is 0.957. The second-order valence-electron chi connectivity index (χ2n) is 6.89. The first-order valence-corrected chi connectivity index (χ1v) is 6.30. The Kier molecular flexibility index (Phi) is 2.68. The smallest absolute Gasteiger partial charge is 0.253 e. The lowest BCUT2D eigenvalue weighted by molar-refractivity contribution is 0.258. The van der Waals surface area contributed by atoms with Gasteiger partial charge < -0.3 is 0 Å². The summed E-state index contributed by atoms with van der Waals surface area (Å²) in [6.07, 6.45) is 1.95. The highest BCUT2D eigenvalue weighted by Gasteiger charge is 2.28. The maximum atomic E-state index is 12.1. The third-order valence-electron chi connectivity index (χ3n) is 3.50. The molecule has 1 aliphatic heterocycles. The lowest BCUT2D eigenvalue weighted by Crippen LogP contribution is -2.36. The Labute approximate surface area is 103 Å². The van der Waals surface area contributed by atoms with Gasteiger partial charge in [0, 0.05) is 24.4 Å². The van der Waals surface area contributed by atoms with Crippen molar-refractivity contribution in [3.8, 4) is 0 Å². The number of nitrogens with zero attached hydrogens (tertiary/aromatic N) is 2. The van der Waals surface area contributed by atoms with Gasteiger partial charge in [-0.15, -0.1) is 0 Å². The molecule has 2 rings (SSSR count). The second kappa shape index (κ2) is 3.69. The zero-order chi connectivity index (χ0) is 12.8. The number of hydrogen-bond acceptors (Lipinski definition) is 2. The van der Waals surface area contributed by atoms with Crippen LogP contribution in [0.15, 0.2) is 10.9 Å². The van der Waals surface area contributed by atoms with Crippen molar-refractivity contribution in [1.29, 1.82) is 0 Å². The zero-order valence-corrected chi connectivity index (χ0v) is 11.5. The molecule has 1 aromatic heterocycles. The minimum atomic E-state index is -0.0592. The molecule has 0 spiro atoms. The van der Waals surface area contributed by atoms with Gasteiger partial charge in [-0.05, 0) is 11.8 Å². The number of fused-ring (bicyclic) bond motifs is 1. The fourth-order valence-corrected chi connectivity index (χ4v) is 2.24. The summed E-state index contributed by atoms with van der Waals surface area (Å²) in [6.45, 7) is 11.6. The van der Waals surface area contributed by atoms with Crippen LogP contribution < -0.4 is 5.56 Å². The third-order valence-corrected chi connectivity index (χ3v) is 3.50. The van der Waals surface area contributed by atoms with E-state index in [1.54, 1.807) is 6.07 Å². The van der Waals surface area contributed by atoms with E-state index in [4.69, 9.17) is 4.98 Å². The van der Waals surface area contributed by atoms with Crippen LogP contribution in [0.25, 0.3) is 0 Å². The van der Waals surface area contributed by atoms with Crippen molar-refractivity contribution in [3.05, 3.63) is 27.9 Å². The largest absolute Gasteiger partial charge is 0.297 e. The maximum Gasteiger partial charge on any atom is 0.253 e. The topological polar surface area (TPSA) is 34.9 Å². The van der Waals surface area contributed by atoms with Gasteiger partial charge in [-0.3, -0.25) is 9.36 Å². The average molecular weight is 234 g/mol. The van der Waals surface area contributed by atoms with Crippen molar-refractivity contribution in [1.82, 2.24) is 9.55 Å². The summed E-state index contributed by atoms with van der Waals surface area (Å²) >= 11 is 0. The summed E-state index contributed by atoms with van der Waals surface area (Å²) < 4.78 is 1.83. The minimum Gasteiger partial charge on any atom is -0.297 e. The van der Waals surface area contributed by atoms with E-state index >= 15 is 0 Å². The van der Waals surface area contributed by atoms with Crippen LogP contribution in [-0.4, -0.2) is 9.55 Å². The third kappa shape index (κ3) is 2.43. The molecule has 3 nitrogen and oxygen atoms in total. The van der Waals surface area contributed by atoms with Crippen LogP contribution in [0.3, 0.4) is 0 Å². The van der Waals surface area contributed by atoms with Crippen LogP contribution in [0.2, 0.25) is 0 Å². The molecular weight excluding hydrogens is 212 g/mol. The van der Waals surface area contributed by atoms with E-state index in [-0.39, 0.29) is 16.4 Å². The molecule has 0 radical (unpaired) electrons. The van der Waals surface area contributed by atoms with Gasteiger partial charge in [-0.25, -0.2) is 4.98 Å². The predicted molar refractivity (Wildman–Crippen MR) is 69.3 cm³/mol. The summed E-state index contributed by atoms with van der Waals surface area (Å²) in [6, 6.07) is 1.70. The van der Waals surface area contributed by atoms with E-state index in [1.807, 2.05) is 4.57 Å². The van der Waals surface area contributed by atoms with E-state index in [0.29, 0.717) is 0 Å². The van der Waals surface area contributed by atoms with Crippen molar-refractivity contribution in [2.45, 2.75) is 59.4 Å². The van der Waals surface area contributed by atoms with Gasteiger partial charge >= 0.3 is 0 Å². The molecule has 0 fully saturated rings. The SMILES string of the molecule is CC1(C)CCn2c(nc(C(C)(C)C)cc2=O)C1. The summed E-state index contributed by atoms with van der Waals surface area (Å²) in [4.78, 5) is 16.8. The Morgan fingerprint density at radius 2 is 2.00 bits per heavy atom. The average Bonchev–Trinajstić information content (AvgIpc) is 2.13. The zero-order valence-electron chi connectivity index (χ0n) is 11.5. The standard InChI is InChI=1S/C14H22N2O/c1-13(2,3)10-8-12(17)16-7-6-14(4,5)9-11(16)15-10/h8H,6-7,9H2,1-5H3. The number of hydrogen-bond donors (Lipinski definition) is 0. The first-order chi connectivity index (χ1) is 7.69. The number of rotatable bonds is 0. The van der Waals surface area contributed by atoms with Crippen molar-refractivity contribution in [3.63, 3.8) is 0 Å². The van der Waals surface area contributed by atoms with Crippen molar-refractivity contribution < 1.29 is 0 Å². The fourth-order valence-electron chi connectivity index (χ4n) is 2.24. The molecule has 0 saturated carbocycles. The van der Waals surface area contributed by atoms with Gasteiger partial charge in [0.1, 0.15) is 5.82 Å². The van der Waals surface area contributed by atoms with E-state index in [2.05, 4.69) is 34.6 Å². The van der Waals surface area contributed by atoms with Crippen molar-refractivity contribution in [2.24, 2.45) is 5.41 Å². The van der Waals surface area contributed by atoms with E-state index in [0.717, 1.165) is 30.9 Å². The van der Waals surface area contributed by atoms with Crippen LogP contribution in [0.4, 0.5) is 0 Å². The second-order valence-corrected chi connectivity index (χ2v) is 6.89. The highest BCUT2D eigenvalue weighted by molar-refractivity contribution is 5.15. The van der Waals surface area contributed by atoms with E-state index < -0.39 is 0 Å². The first kappa shape index (κ1) is 12.3. The van der Waals surface area contributed by atoms with Gasteiger partial charge in [0.2, 0.25) is 0 Å². The summed E-state index contributed by atoms with van der Waals surface area (Å²) in [5, 5.41) is 0. The molecule has 2 heterocycles. The molecule has 17 heavy (non-hydrogen) atoms. The Hall–Kier alpha value is -1.12. The Morgan fingerprint density at radius 3 is 2.59 bits per heavy atom. The molecule has 0 aliphatic carbocycles. The molecule has 0 unspecified atom stereocenters. The summed E-state index contributed by atoms with van der Waals surface area (Å²) in [7, 11) is 0. The quantitative estimate of drug-likeness (QED) is 0.691. The first-order valence-electron chi connectivity index (χ1n) is 6.30. The molecule has 0 N–H and O–H groups in total. The van der Waals surface area contributed by atoms with Gasteiger partial charge in [0.25, 0.3) is 5.56 Å². The maximum absolute atomic E-state index is 12.1. The molecule has 94 valence electrons. The molecule has 0 atom stereocenters. The highest BCUT2D eigenvalue weighted by atomic mass is 16.1. The van der Waals surface area contributed by atoms with Crippen molar-refractivity contribution in [2.75, 3.05) is 0 Å². The van der Waals surface area contributed by atoms with Crippen LogP contribution >= 0.6 is 0 Å². The van der Waals surface area contributed by atoms with Crippen LogP contribution in [0.1, 0.15) is 52.6 Å². The Balaban J connectivity index is 2.53. The Morgan fingerprint density at radius 1 is 1.35 bits per heavy atom. The monoisotopic (exact) mass is 234 g/mol. The lowest BCUT2D eigenvalue weighted by Gasteiger charge is -2.32. The van der Waals surface area contributed by atoms with Crippen LogP contribution in [-0.2, 0) is 18.4 Å². The predicted octanol–water partition coefficient (Wildman–Crippen LogP) is 2.51. The molecule has 0 amide bonds. The molecule has 1 aliphatic rings. The normalized spacial score (nSPS) is 18.9.